The molecule has 0 bridgehead atoms. The van der Waals surface area contributed by atoms with Gasteiger partial charge in [0.2, 0.25) is 5.78 Å². The van der Waals surface area contributed by atoms with Crippen LogP contribution in [0.25, 0.3) is 0 Å². The maximum Gasteiger partial charge on any atom is 0.365 e. The third-order valence-corrected chi connectivity index (χ3v) is 9.02. The van der Waals surface area contributed by atoms with E-state index in [0.29, 0.717) is 11.1 Å². The van der Waals surface area contributed by atoms with Crippen LogP contribution in [0.5, 0.6) is 0 Å². The molecule has 43 heavy (non-hydrogen) atoms. The van der Waals surface area contributed by atoms with Crippen LogP contribution in [0.1, 0.15) is 50.5 Å². The molecule has 0 saturated heterocycles. The van der Waals surface area contributed by atoms with E-state index >= 15 is 0 Å². The second kappa shape index (κ2) is 15.4. The van der Waals surface area contributed by atoms with E-state index in [0.717, 1.165) is 9.79 Å². The molecule has 0 heterocycles. The molecule has 10 heteroatoms. The monoisotopic (exact) mass is 615 g/mol. The van der Waals surface area contributed by atoms with E-state index in [-0.39, 0.29) is 35.8 Å². The molecule has 0 radical (unpaired) electrons. The first-order valence-corrected chi connectivity index (χ1v) is 16.1. The van der Waals surface area contributed by atoms with Crippen molar-refractivity contribution in [2.24, 2.45) is 5.16 Å². The summed E-state index contributed by atoms with van der Waals surface area (Å²) in [5.74, 6) is -1.40. The van der Waals surface area contributed by atoms with Gasteiger partial charge in [-0.1, -0.05) is 65.4 Å². The van der Waals surface area contributed by atoms with Crippen molar-refractivity contribution in [1.29, 1.82) is 0 Å². The average Bonchev–Trinajstić information content (AvgIpc) is 3.04. The molecule has 0 unspecified atom stereocenters. The zero-order valence-electron chi connectivity index (χ0n) is 23.7. The summed E-state index contributed by atoms with van der Waals surface area (Å²) in [6.45, 7) is 3.50. The lowest BCUT2D eigenvalue weighted by atomic mass is 10.0. The molecule has 220 valence electrons. The largest absolute Gasteiger partial charge is 0.365 e. The lowest BCUT2D eigenvalue weighted by molar-refractivity contribution is 0.0515. The third kappa shape index (κ3) is 8.92. The van der Waals surface area contributed by atoms with Crippen LogP contribution in [0.15, 0.2) is 124 Å². The molecule has 8 nitrogen and oxygen atoms in total. The fourth-order valence-corrected chi connectivity index (χ4v) is 6.41. The molecule has 4 aromatic carbocycles. The molecule has 0 aliphatic carbocycles. The summed E-state index contributed by atoms with van der Waals surface area (Å²) in [6.07, 6.45) is -0.472. The van der Waals surface area contributed by atoms with Crippen molar-refractivity contribution in [2.75, 3.05) is 19.4 Å². The maximum atomic E-state index is 13.5. The highest BCUT2D eigenvalue weighted by molar-refractivity contribution is 7.99. The van der Waals surface area contributed by atoms with E-state index in [1.165, 1.54) is 11.8 Å². The van der Waals surface area contributed by atoms with Gasteiger partial charge < -0.3 is 13.9 Å². The number of carbonyl (C=O) groups is 3. The van der Waals surface area contributed by atoms with Gasteiger partial charge in [-0.3, -0.25) is 14.2 Å². The van der Waals surface area contributed by atoms with Crippen LogP contribution in [-0.2, 0) is 18.5 Å². The molecular weight excluding hydrogens is 585 g/mol. The predicted molar refractivity (Wildman–Crippen MR) is 166 cm³/mol. The smallest absolute Gasteiger partial charge is 0.312 e. The van der Waals surface area contributed by atoms with Crippen molar-refractivity contribution in [3.63, 3.8) is 0 Å². The van der Waals surface area contributed by atoms with E-state index in [2.05, 4.69) is 5.16 Å². The molecule has 0 fully saturated rings. The fourth-order valence-electron chi connectivity index (χ4n) is 3.98. The van der Waals surface area contributed by atoms with Gasteiger partial charge in [0.05, 0.1) is 24.9 Å². The first-order valence-electron chi connectivity index (χ1n) is 13.6. The number of Topliss-reactive ketones (excluding diaryl/α,β-unsaturated/α-hetero) is 1. The zero-order valence-corrected chi connectivity index (χ0v) is 25.4. The van der Waals surface area contributed by atoms with Crippen molar-refractivity contribution >= 4 is 42.6 Å². The van der Waals surface area contributed by atoms with Crippen LogP contribution in [0.4, 0.5) is 0 Å². The molecule has 0 aliphatic rings. The Morgan fingerprint density at radius 1 is 0.651 bits per heavy atom. The van der Waals surface area contributed by atoms with Crippen LogP contribution in [-0.4, -0.2) is 42.6 Å². The number of benzene rings is 4. The summed E-state index contributed by atoms with van der Waals surface area (Å²) in [5.41, 5.74) is 1.44. The zero-order chi connectivity index (χ0) is 30.7. The van der Waals surface area contributed by atoms with Crippen molar-refractivity contribution in [3.05, 3.63) is 131 Å². The van der Waals surface area contributed by atoms with Crippen LogP contribution >= 0.6 is 19.4 Å². The second-order valence-electron chi connectivity index (χ2n) is 9.06. The molecule has 4 aromatic rings. The highest BCUT2D eigenvalue weighted by Crippen LogP contribution is 2.48. The van der Waals surface area contributed by atoms with Crippen molar-refractivity contribution < 1.29 is 32.8 Å². The van der Waals surface area contributed by atoms with Gasteiger partial charge in [-0.05, 0) is 74.5 Å². The fraction of sp³-hybridized carbons (Fsp3) is 0.152. The van der Waals surface area contributed by atoms with Gasteiger partial charge in [-0.15, -0.1) is 0 Å². The number of carbonyl (C=O) groups excluding carboxylic acids is 3. The molecule has 0 saturated carbocycles. The molecule has 0 N–H and O–H groups in total. The van der Waals surface area contributed by atoms with Gasteiger partial charge in [0.15, 0.2) is 5.78 Å². The Bertz CT molecular complexity index is 1610. The summed E-state index contributed by atoms with van der Waals surface area (Å²) in [5, 5.41) is 3.81. The van der Waals surface area contributed by atoms with E-state index in [9.17, 15) is 18.9 Å². The number of nitrogens with zero attached hydrogens (tertiary/aromatic N) is 1. The second-order valence-corrected chi connectivity index (χ2v) is 12.3. The number of rotatable bonds is 14. The van der Waals surface area contributed by atoms with Gasteiger partial charge in [-0.25, -0.2) is 4.79 Å². The average molecular weight is 616 g/mol. The molecule has 4 rings (SSSR count). The maximum absolute atomic E-state index is 13.5. The number of hydrogen-bond donors (Lipinski definition) is 0. The van der Waals surface area contributed by atoms with Crippen LogP contribution in [0.3, 0.4) is 0 Å². The SMILES string of the molecule is CCOP(=O)(CC(=NOC(=O)c1ccccc1)C(=O)c1ccc(Sc2ccc(C(=O)c3ccccc3)cc2)cc1)OCC. The van der Waals surface area contributed by atoms with E-state index < -0.39 is 25.5 Å². The van der Waals surface area contributed by atoms with Crippen LogP contribution < -0.4 is 0 Å². The summed E-state index contributed by atoms with van der Waals surface area (Å²) in [4.78, 5) is 45.5. The Labute approximate surface area is 254 Å². The summed E-state index contributed by atoms with van der Waals surface area (Å²) in [7, 11) is -3.74. The van der Waals surface area contributed by atoms with Crippen LogP contribution in [0.2, 0.25) is 0 Å². The van der Waals surface area contributed by atoms with Crippen molar-refractivity contribution in [1.82, 2.24) is 0 Å². The molecule has 0 aromatic heterocycles. The summed E-state index contributed by atoms with van der Waals surface area (Å²) >= 11 is 1.46. The Morgan fingerprint density at radius 3 is 1.63 bits per heavy atom. The highest BCUT2D eigenvalue weighted by atomic mass is 32.2. The Hall–Kier alpha value is -4.14. The quantitative estimate of drug-likeness (QED) is 0.0466. The van der Waals surface area contributed by atoms with Gasteiger partial charge in [0, 0.05) is 26.5 Å². The van der Waals surface area contributed by atoms with E-state index in [4.69, 9.17) is 13.9 Å². The molecule has 0 atom stereocenters. The predicted octanol–water partition coefficient (Wildman–Crippen LogP) is 7.73. The van der Waals surface area contributed by atoms with E-state index in [1.807, 2.05) is 30.3 Å². The number of ketones is 2. The minimum absolute atomic E-state index is 0.0508. The van der Waals surface area contributed by atoms with E-state index in [1.54, 1.807) is 92.7 Å². The van der Waals surface area contributed by atoms with Gasteiger partial charge >= 0.3 is 13.6 Å². The third-order valence-electron chi connectivity index (χ3n) is 6.01. The normalized spacial score (nSPS) is 11.6. The van der Waals surface area contributed by atoms with Gasteiger partial charge in [0.25, 0.3) is 0 Å². The standard InChI is InChI=1S/C33H30NO7PS/c1-3-39-42(38,40-4-2)23-30(34-41-33(37)27-13-9-6-10-14-27)32(36)26-17-21-29(22-18-26)43-28-19-15-25(16-20-28)31(35)24-11-7-5-8-12-24/h5-22H,3-4,23H2,1-2H3. The topological polar surface area (TPSA) is 108 Å². The van der Waals surface area contributed by atoms with Gasteiger partial charge in [0.1, 0.15) is 5.71 Å². The molecular formula is C33H30NO7PS. The first kappa shape index (κ1) is 31.8. The first-order chi connectivity index (χ1) is 20.8. The van der Waals surface area contributed by atoms with Crippen molar-refractivity contribution in [3.8, 4) is 0 Å². The Morgan fingerprint density at radius 2 is 1.12 bits per heavy atom. The Kier molecular flexibility index (Phi) is 11.4. The highest BCUT2D eigenvalue weighted by Gasteiger charge is 2.31. The molecule has 0 amide bonds. The van der Waals surface area contributed by atoms with Crippen LogP contribution in [0, 0.1) is 0 Å². The molecule has 0 aliphatic heterocycles. The van der Waals surface area contributed by atoms with Crippen molar-refractivity contribution in [2.45, 2.75) is 23.6 Å². The molecule has 0 spiro atoms. The number of oxime groups is 1. The number of hydrogen-bond acceptors (Lipinski definition) is 9. The summed E-state index contributed by atoms with van der Waals surface area (Å²) in [6, 6.07) is 31.3. The lowest BCUT2D eigenvalue weighted by Gasteiger charge is -2.17. The van der Waals surface area contributed by atoms with Gasteiger partial charge in [-0.2, -0.15) is 0 Å². The lowest BCUT2D eigenvalue weighted by Crippen LogP contribution is -2.21. The minimum Gasteiger partial charge on any atom is -0.312 e. The Balaban J connectivity index is 1.50. The summed E-state index contributed by atoms with van der Waals surface area (Å²) < 4.78 is 23.9. The minimum atomic E-state index is -3.74.